The fraction of sp³-hybridized carbons (Fsp3) is 0.0870. The van der Waals surface area contributed by atoms with Gasteiger partial charge in [-0.15, -0.1) is 4.68 Å². The first-order chi connectivity index (χ1) is 15.2. The standard InChI is InChI=1S/C23H17N3O5/c27-22-18-3-1-2-4-19(18)25-23(28)26(22)24-12-15-5-8-17(9-6-15)29-13-16-7-10-20-21(11-16)31-14-30-20/h1-12H,13-14H2,(H,25,28). The van der Waals surface area contributed by atoms with Crippen LogP contribution in [-0.2, 0) is 6.61 Å². The van der Waals surface area contributed by atoms with Crippen molar-refractivity contribution in [3.8, 4) is 17.2 Å². The van der Waals surface area contributed by atoms with Crippen LogP contribution >= 0.6 is 0 Å². The molecule has 5 rings (SSSR count). The van der Waals surface area contributed by atoms with Gasteiger partial charge in [0.1, 0.15) is 12.4 Å². The maximum atomic E-state index is 12.5. The van der Waals surface area contributed by atoms with Gasteiger partial charge in [-0.25, -0.2) is 4.79 Å². The number of hydrogen-bond donors (Lipinski definition) is 1. The van der Waals surface area contributed by atoms with Gasteiger partial charge in [0, 0.05) is 0 Å². The van der Waals surface area contributed by atoms with Gasteiger partial charge in [0.15, 0.2) is 11.5 Å². The summed E-state index contributed by atoms with van der Waals surface area (Å²) in [5, 5.41) is 4.45. The summed E-state index contributed by atoms with van der Waals surface area (Å²) in [6, 6.07) is 19.6. The van der Waals surface area contributed by atoms with Gasteiger partial charge in [-0.2, -0.15) is 5.10 Å². The highest BCUT2D eigenvalue weighted by Gasteiger charge is 2.13. The largest absolute Gasteiger partial charge is 0.489 e. The zero-order chi connectivity index (χ0) is 21.2. The number of nitrogens with one attached hydrogen (secondary N) is 1. The predicted molar refractivity (Wildman–Crippen MR) is 115 cm³/mol. The molecule has 0 bridgehead atoms. The molecule has 8 heteroatoms. The van der Waals surface area contributed by atoms with Gasteiger partial charge in [0.05, 0.1) is 17.1 Å². The molecule has 0 aliphatic carbocycles. The van der Waals surface area contributed by atoms with Crippen molar-refractivity contribution in [3.05, 3.63) is 98.7 Å². The number of H-pyrrole nitrogens is 1. The van der Waals surface area contributed by atoms with Crippen LogP contribution in [0.1, 0.15) is 11.1 Å². The molecule has 0 saturated carbocycles. The van der Waals surface area contributed by atoms with Crippen molar-refractivity contribution in [2.75, 3.05) is 6.79 Å². The SMILES string of the molecule is O=c1[nH]c2ccccc2c(=O)n1N=Cc1ccc(OCc2ccc3c(c2)OCO3)cc1. The van der Waals surface area contributed by atoms with Crippen LogP contribution in [0.3, 0.4) is 0 Å². The van der Waals surface area contributed by atoms with Crippen LogP contribution in [0.4, 0.5) is 0 Å². The molecule has 0 amide bonds. The summed E-state index contributed by atoms with van der Waals surface area (Å²) in [5.74, 6) is 2.12. The number of aromatic nitrogens is 2. The second-order valence-corrected chi connectivity index (χ2v) is 6.88. The smallest absolute Gasteiger partial charge is 0.349 e. The highest BCUT2D eigenvalue weighted by Crippen LogP contribution is 2.32. The first kappa shape index (κ1) is 18.7. The molecule has 2 heterocycles. The Morgan fingerprint density at radius 1 is 1.00 bits per heavy atom. The number of ether oxygens (including phenoxy) is 3. The Morgan fingerprint density at radius 2 is 1.81 bits per heavy atom. The quantitative estimate of drug-likeness (QED) is 0.506. The lowest BCUT2D eigenvalue weighted by molar-refractivity contribution is 0.174. The van der Waals surface area contributed by atoms with E-state index in [1.807, 2.05) is 18.2 Å². The summed E-state index contributed by atoms with van der Waals surface area (Å²) in [6.07, 6.45) is 1.45. The molecule has 0 fully saturated rings. The lowest BCUT2D eigenvalue weighted by Gasteiger charge is -2.07. The van der Waals surface area contributed by atoms with E-state index in [1.54, 1.807) is 48.5 Å². The maximum absolute atomic E-state index is 12.5. The molecular weight excluding hydrogens is 398 g/mol. The monoisotopic (exact) mass is 415 g/mol. The van der Waals surface area contributed by atoms with E-state index in [0.717, 1.165) is 21.6 Å². The van der Waals surface area contributed by atoms with E-state index in [1.165, 1.54) is 6.21 Å². The first-order valence-corrected chi connectivity index (χ1v) is 9.57. The van der Waals surface area contributed by atoms with Crippen molar-refractivity contribution in [3.63, 3.8) is 0 Å². The van der Waals surface area contributed by atoms with Gasteiger partial charge in [-0.05, 0) is 59.7 Å². The number of para-hydroxylation sites is 1. The minimum absolute atomic E-state index is 0.236. The highest BCUT2D eigenvalue weighted by atomic mass is 16.7. The number of aromatic amines is 1. The van der Waals surface area contributed by atoms with Crippen LogP contribution in [-0.4, -0.2) is 22.7 Å². The molecule has 154 valence electrons. The van der Waals surface area contributed by atoms with Crippen molar-refractivity contribution in [2.45, 2.75) is 6.61 Å². The number of fused-ring (bicyclic) bond motifs is 2. The Kier molecular flexibility index (Phi) is 4.72. The van der Waals surface area contributed by atoms with Crippen molar-refractivity contribution >= 4 is 17.1 Å². The van der Waals surface area contributed by atoms with Gasteiger partial charge >= 0.3 is 5.69 Å². The van der Waals surface area contributed by atoms with Gasteiger partial charge in [-0.3, -0.25) is 4.79 Å². The third kappa shape index (κ3) is 3.78. The fourth-order valence-electron chi connectivity index (χ4n) is 3.23. The molecule has 8 nitrogen and oxygen atoms in total. The minimum Gasteiger partial charge on any atom is -0.489 e. The summed E-state index contributed by atoms with van der Waals surface area (Å²) in [6.45, 7) is 0.617. The molecule has 1 aliphatic rings. The zero-order valence-electron chi connectivity index (χ0n) is 16.3. The van der Waals surface area contributed by atoms with Crippen LogP contribution in [0.25, 0.3) is 10.9 Å². The Bertz CT molecular complexity index is 1400. The van der Waals surface area contributed by atoms with Crippen LogP contribution in [0.2, 0.25) is 0 Å². The molecule has 0 atom stereocenters. The number of benzene rings is 3. The van der Waals surface area contributed by atoms with Crippen LogP contribution < -0.4 is 25.5 Å². The van der Waals surface area contributed by atoms with Gasteiger partial charge in [0.2, 0.25) is 6.79 Å². The molecule has 1 N–H and O–H groups in total. The van der Waals surface area contributed by atoms with Crippen molar-refractivity contribution in [1.82, 2.24) is 9.66 Å². The fourth-order valence-corrected chi connectivity index (χ4v) is 3.23. The molecule has 0 unspecified atom stereocenters. The molecule has 0 saturated heterocycles. The maximum Gasteiger partial charge on any atom is 0.349 e. The van der Waals surface area contributed by atoms with E-state index in [4.69, 9.17) is 14.2 Å². The Hall–Kier alpha value is -4.33. The normalized spacial score (nSPS) is 12.5. The minimum atomic E-state index is -0.594. The molecule has 4 aromatic rings. The second-order valence-electron chi connectivity index (χ2n) is 6.88. The lowest BCUT2D eigenvalue weighted by Crippen LogP contribution is -2.32. The third-order valence-electron chi connectivity index (χ3n) is 4.83. The van der Waals surface area contributed by atoms with Crippen LogP contribution in [0, 0.1) is 0 Å². The average Bonchev–Trinajstić information content (AvgIpc) is 3.26. The Balaban J connectivity index is 1.29. The molecular formula is C23H17N3O5. The molecule has 0 radical (unpaired) electrons. The van der Waals surface area contributed by atoms with Crippen molar-refractivity contribution < 1.29 is 14.2 Å². The molecule has 1 aliphatic heterocycles. The van der Waals surface area contributed by atoms with Crippen molar-refractivity contribution in [2.24, 2.45) is 5.10 Å². The van der Waals surface area contributed by atoms with E-state index < -0.39 is 11.2 Å². The summed E-state index contributed by atoms with van der Waals surface area (Å²) >= 11 is 0. The molecule has 31 heavy (non-hydrogen) atoms. The molecule has 3 aromatic carbocycles. The highest BCUT2D eigenvalue weighted by molar-refractivity contribution is 5.80. The van der Waals surface area contributed by atoms with E-state index >= 15 is 0 Å². The second kappa shape index (κ2) is 7.83. The van der Waals surface area contributed by atoms with Crippen LogP contribution in [0.15, 0.2) is 81.4 Å². The summed E-state index contributed by atoms with van der Waals surface area (Å²) in [5.41, 5.74) is 1.09. The van der Waals surface area contributed by atoms with E-state index in [0.29, 0.717) is 29.0 Å². The number of hydrogen-bond acceptors (Lipinski definition) is 6. The molecule has 0 spiro atoms. The van der Waals surface area contributed by atoms with Gasteiger partial charge in [0.25, 0.3) is 5.56 Å². The summed E-state index contributed by atoms with van der Waals surface area (Å²) in [4.78, 5) is 27.3. The number of nitrogens with zero attached hydrogens (tertiary/aromatic N) is 2. The predicted octanol–water partition coefficient (Wildman–Crippen LogP) is 2.88. The number of rotatable bonds is 5. The van der Waals surface area contributed by atoms with E-state index in [2.05, 4.69) is 10.1 Å². The van der Waals surface area contributed by atoms with E-state index in [9.17, 15) is 9.59 Å². The Morgan fingerprint density at radius 3 is 2.68 bits per heavy atom. The first-order valence-electron chi connectivity index (χ1n) is 9.57. The topological polar surface area (TPSA) is 94.9 Å². The zero-order valence-corrected chi connectivity index (χ0v) is 16.3. The molecule has 1 aromatic heterocycles. The van der Waals surface area contributed by atoms with Crippen molar-refractivity contribution in [1.29, 1.82) is 0 Å². The average molecular weight is 415 g/mol. The van der Waals surface area contributed by atoms with E-state index in [-0.39, 0.29) is 6.79 Å². The summed E-state index contributed by atoms with van der Waals surface area (Å²) < 4.78 is 17.3. The van der Waals surface area contributed by atoms with Gasteiger partial charge < -0.3 is 19.2 Å². The third-order valence-corrected chi connectivity index (χ3v) is 4.83. The lowest BCUT2D eigenvalue weighted by atomic mass is 10.2. The van der Waals surface area contributed by atoms with Gasteiger partial charge in [-0.1, -0.05) is 18.2 Å². The van der Waals surface area contributed by atoms with Crippen LogP contribution in [0.5, 0.6) is 17.2 Å². The Labute approximate surface area is 175 Å². The summed E-state index contributed by atoms with van der Waals surface area (Å²) in [7, 11) is 0.